The number of benzene rings is 1. The third-order valence-corrected chi connectivity index (χ3v) is 3.63. The second-order valence-electron chi connectivity index (χ2n) is 4.95. The van der Waals surface area contributed by atoms with Gasteiger partial charge in [0, 0.05) is 43.9 Å². The average molecular weight is 368 g/mol. The van der Waals surface area contributed by atoms with Gasteiger partial charge in [0.15, 0.2) is 11.6 Å². The number of halogens is 3. The summed E-state index contributed by atoms with van der Waals surface area (Å²) < 4.78 is 13.8. The molecule has 23 heavy (non-hydrogen) atoms. The fraction of sp³-hybridized carbons (Fsp3) is 0.429. The van der Waals surface area contributed by atoms with Crippen LogP contribution in [0.15, 0.2) is 24.8 Å². The number of nitro groups is 1. The van der Waals surface area contributed by atoms with Crippen molar-refractivity contribution in [3.05, 3.63) is 46.3 Å². The van der Waals surface area contributed by atoms with E-state index >= 15 is 0 Å². The van der Waals surface area contributed by atoms with E-state index in [1.807, 2.05) is 0 Å². The Hall–Kier alpha value is -1.41. The van der Waals surface area contributed by atoms with Crippen LogP contribution < -0.4 is 5.32 Å². The number of nitro benzene ring substituents is 1. The minimum atomic E-state index is -0.969. The molecule has 0 spiro atoms. The van der Waals surface area contributed by atoms with Gasteiger partial charge in [0.05, 0.1) is 11.0 Å². The highest BCUT2D eigenvalue weighted by atomic mass is 35.5. The summed E-state index contributed by atoms with van der Waals surface area (Å²) in [6, 6.07) is 1.66. The zero-order valence-electron chi connectivity index (χ0n) is 12.4. The van der Waals surface area contributed by atoms with Crippen LogP contribution in [0, 0.1) is 15.9 Å². The van der Waals surface area contributed by atoms with Crippen molar-refractivity contribution < 1.29 is 14.4 Å². The normalized spacial score (nSPS) is 15.9. The SMILES string of the molecule is C=CC[C@@H](c1cc([N+](=O)[O-])cc(F)c1O)N1CCNCC1.Cl.Cl. The number of phenols is 1. The van der Waals surface area contributed by atoms with E-state index < -0.39 is 16.5 Å². The standard InChI is InChI=1S/C14H18FN3O3.2ClH/c1-2-3-13(17-6-4-16-5-7-17)11-8-10(18(20)21)9-12(15)14(11)19;;/h2,8-9,13,16,19H,1,3-7H2;2*1H/t13-;;/m0../s1. The van der Waals surface area contributed by atoms with Crippen LogP contribution >= 0.6 is 24.8 Å². The molecule has 0 aliphatic carbocycles. The van der Waals surface area contributed by atoms with Gasteiger partial charge in [-0.3, -0.25) is 15.0 Å². The third-order valence-electron chi connectivity index (χ3n) is 3.63. The Labute approximate surface area is 146 Å². The van der Waals surface area contributed by atoms with Gasteiger partial charge in [0.2, 0.25) is 0 Å². The van der Waals surface area contributed by atoms with Gasteiger partial charge in [-0.1, -0.05) is 6.08 Å². The van der Waals surface area contributed by atoms with Crippen LogP contribution in [0.1, 0.15) is 18.0 Å². The summed E-state index contributed by atoms with van der Waals surface area (Å²) in [5.74, 6) is -1.49. The van der Waals surface area contributed by atoms with E-state index in [1.54, 1.807) is 6.08 Å². The second kappa shape index (κ2) is 9.67. The van der Waals surface area contributed by atoms with E-state index in [-0.39, 0.29) is 42.1 Å². The molecule has 1 aromatic rings. The molecule has 1 aromatic carbocycles. The zero-order valence-corrected chi connectivity index (χ0v) is 14.0. The Kier molecular flexibility index (Phi) is 9.07. The number of hydrogen-bond acceptors (Lipinski definition) is 5. The summed E-state index contributed by atoms with van der Waals surface area (Å²) in [6.07, 6.45) is 2.15. The number of rotatable bonds is 5. The van der Waals surface area contributed by atoms with Crippen molar-refractivity contribution in [2.24, 2.45) is 0 Å². The van der Waals surface area contributed by atoms with E-state index in [0.29, 0.717) is 6.42 Å². The number of nitrogens with one attached hydrogen (secondary N) is 1. The summed E-state index contributed by atoms with van der Waals surface area (Å²) in [5.41, 5.74) is -0.118. The summed E-state index contributed by atoms with van der Waals surface area (Å²) >= 11 is 0. The van der Waals surface area contributed by atoms with E-state index in [1.165, 1.54) is 6.07 Å². The van der Waals surface area contributed by atoms with Crippen molar-refractivity contribution in [2.45, 2.75) is 12.5 Å². The van der Waals surface area contributed by atoms with E-state index in [0.717, 1.165) is 32.2 Å². The van der Waals surface area contributed by atoms with Crippen LogP contribution in [0.25, 0.3) is 0 Å². The Morgan fingerprint density at radius 1 is 1.43 bits per heavy atom. The van der Waals surface area contributed by atoms with Crippen LogP contribution in [-0.2, 0) is 0 Å². The molecule has 0 unspecified atom stereocenters. The van der Waals surface area contributed by atoms with Gasteiger partial charge in [-0.15, -0.1) is 31.4 Å². The fourth-order valence-corrected chi connectivity index (χ4v) is 2.59. The maximum absolute atomic E-state index is 13.8. The molecule has 1 atom stereocenters. The van der Waals surface area contributed by atoms with Gasteiger partial charge < -0.3 is 10.4 Å². The molecule has 1 aliphatic heterocycles. The lowest BCUT2D eigenvalue weighted by molar-refractivity contribution is -0.385. The third kappa shape index (κ3) is 5.04. The quantitative estimate of drug-likeness (QED) is 0.475. The van der Waals surface area contributed by atoms with Gasteiger partial charge in [-0.05, 0) is 6.42 Å². The number of nitrogens with zero attached hydrogens (tertiary/aromatic N) is 2. The number of non-ortho nitro benzene ring substituents is 1. The first kappa shape index (κ1) is 21.6. The van der Waals surface area contributed by atoms with Crippen molar-refractivity contribution in [1.82, 2.24) is 10.2 Å². The summed E-state index contributed by atoms with van der Waals surface area (Å²) in [6.45, 7) is 6.69. The van der Waals surface area contributed by atoms with Gasteiger partial charge in [-0.25, -0.2) is 4.39 Å². The largest absolute Gasteiger partial charge is 0.505 e. The summed E-state index contributed by atoms with van der Waals surface area (Å²) in [4.78, 5) is 12.3. The van der Waals surface area contributed by atoms with Crippen LogP contribution in [0.3, 0.4) is 0 Å². The van der Waals surface area contributed by atoms with Crippen LogP contribution in [0.5, 0.6) is 5.75 Å². The number of phenolic OH excluding ortho intramolecular Hbond substituents is 1. The summed E-state index contributed by atoms with van der Waals surface area (Å²) in [7, 11) is 0. The first-order chi connectivity index (χ1) is 10.0. The van der Waals surface area contributed by atoms with Crippen molar-refractivity contribution in [2.75, 3.05) is 26.2 Å². The van der Waals surface area contributed by atoms with Crippen LogP contribution in [0.4, 0.5) is 10.1 Å². The first-order valence-electron chi connectivity index (χ1n) is 6.77. The molecule has 1 fully saturated rings. The molecule has 1 heterocycles. The van der Waals surface area contributed by atoms with Gasteiger partial charge in [0.1, 0.15) is 0 Å². The minimum Gasteiger partial charge on any atom is -0.505 e. The highest BCUT2D eigenvalue weighted by molar-refractivity contribution is 5.85. The van der Waals surface area contributed by atoms with Gasteiger partial charge in [0.25, 0.3) is 5.69 Å². The smallest absolute Gasteiger partial charge is 0.272 e. The Bertz CT molecular complexity index is 554. The van der Waals surface area contributed by atoms with Crippen molar-refractivity contribution in [1.29, 1.82) is 0 Å². The van der Waals surface area contributed by atoms with Crippen molar-refractivity contribution in [3.63, 3.8) is 0 Å². The van der Waals surface area contributed by atoms with Crippen LogP contribution in [0.2, 0.25) is 0 Å². The topological polar surface area (TPSA) is 78.6 Å². The van der Waals surface area contributed by atoms with Crippen LogP contribution in [-0.4, -0.2) is 41.1 Å². The lowest BCUT2D eigenvalue weighted by Gasteiger charge is -2.35. The average Bonchev–Trinajstić information content (AvgIpc) is 2.48. The lowest BCUT2D eigenvalue weighted by atomic mass is 9.99. The van der Waals surface area contributed by atoms with E-state index in [4.69, 9.17) is 0 Å². The Morgan fingerprint density at radius 2 is 2.04 bits per heavy atom. The molecule has 0 aromatic heterocycles. The predicted octanol–water partition coefficient (Wildman–Crippen LogP) is 2.81. The van der Waals surface area contributed by atoms with Crippen molar-refractivity contribution in [3.8, 4) is 5.75 Å². The molecular formula is C14H20Cl2FN3O3. The van der Waals surface area contributed by atoms with E-state index in [2.05, 4.69) is 16.8 Å². The fourth-order valence-electron chi connectivity index (χ4n) is 2.59. The molecule has 0 amide bonds. The second-order valence-corrected chi connectivity index (χ2v) is 4.95. The maximum atomic E-state index is 13.8. The predicted molar refractivity (Wildman–Crippen MR) is 91.2 cm³/mol. The van der Waals surface area contributed by atoms with Crippen molar-refractivity contribution >= 4 is 30.5 Å². The maximum Gasteiger partial charge on any atom is 0.272 e. The number of aromatic hydroxyl groups is 1. The molecule has 2 N–H and O–H groups in total. The minimum absolute atomic E-state index is 0. The van der Waals surface area contributed by atoms with Gasteiger partial charge >= 0.3 is 0 Å². The zero-order chi connectivity index (χ0) is 15.4. The van der Waals surface area contributed by atoms with E-state index in [9.17, 15) is 19.6 Å². The number of hydrogen-bond donors (Lipinski definition) is 2. The highest BCUT2D eigenvalue weighted by Gasteiger charge is 2.27. The molecule has 0 saturated carbocycles. The molecule has 0 bridgehead atoms. The molecule has 1 saturated heterocycles. The molecule has 130 valence electrons. The lowest BCUT2D eigenvalue weighted by Crippen LogP contribution is -2.45. The monoisotopic (exact) mass is 367 g/mol. The Balaban J connectivity index is 0.00000242. The molecular weight excluding hydrogens is 348 g/mol. The molecule has 6 nitrogen and oxygen atoms in total. The highest BCUT2D eigenvalue weighted by Crippen LogP contribution is 2.36. The molecule has 2 rings (SSSR count). The summed E-state index contributed by atoms with van der Waals surface area (Å²) in [5, 5.41) is 24.1. The molecule has 0 radical (unpaired) electrons. The molecule has 1 aliphatic rings. The molecule has 9 heteroatoms. The Morgan fingerprint density at radius 3 is 2.57 bits per heavy atom. The first-order valence-corrected chi connectivity index (χ1v) is 6.77. The van der Waals surface area contributed by atoms with Gasteiger partial charge in [-0.2, -0.15) is 0 Å². The number of piperazine rings is 1.